The summed E-state index contributed by atoms with van der Waals surface area (Å²) in [5.41, 5.74) is 3.37. The van der Waals surface area contributed by atoms with Crippen LogP contribution in [-0.4, -0.2) is 32.3 Å². The molecule has 4 aromatic rings. The van der Waals surface area contributed by atoms with Crippen molar-refractivity contribution in [3.8, 4) is 11.4 Å². The second-order valence-corrected chi connectivity index (χ2v) is 8.55. The first kappa shape index (κ1) is 23.3. The Kier molecular flexibility index (Phi) is 7.39. The number of para-hydroxylation sites is 2. The molecule has 0 saturated carbocycles. The molecule has 0 atom stereocenters. The number of nitrogens with one attached hydrogen (secondary N) is 1. The van der Waals surface area contributed by atoms with Crippen molar-refractivity contribution in [2.45, 2.75) is 25.6 Å². The third-order valence-corrected chi connectivity index (χ3v) is 6.02. The van der Waals surface area contributed by atoms with E-state index in [0.717, 1.165) is 22.6 Å². The van der Waals surface area contributed by atoms with E-state index in [1.54, 1.807) is 24.3 Å². The summed E-state index contributed by atoms with van der Waals surface area (Å²) in [6, 6.07) is 24.3. The number of thioether (sulfide) groups is 1. The number of carbonyl (C=O) groups excluding carboxylic acids is 2. The van der Waals surface area contributed by atoms with Gasteiger partial charge in [0, 0.05) is 11.3 Å². The average molecular weight is 473 g/mol. The minimum atomic E-state index is -0.432. The maximum absolute atomic E-state index is 12.4. The van der Waals surface area contributed by atoms with E-state index in [1.165, 1.54) is 11.8 Å². The van der Waals surface area contributed by atoms with Crippen molar-refractivity contribution in [1.82, 2.24) is 20.1 Å². The molecule has 2 amide bonds. The number of hydrogen-bond acceptors (Lipinski definition) is 6. The van der Waals surface area contributed by atoms with E-state index in [0.29, 0.717) is 16.5 Å². The molecule has 0 saturated heterocycles. The molecule has 172 valence electrons. The fourth-order valence-electron chi connectivity index (χ4n) is 3.44. The van der Waals surface area contributed by atoms with Gasteiger partial charge in [-0.15, -0.1) is 10.2 Å². The highest BCUT2D eigenvalue weighted by molar-refractivity contribution is 7.99. The highest BCUT2D eigenvalue weighted by atomic mass is 32.2. The monoisotopic (exact) mass is 472 g/mol. The van der Waals surface area contributed by atoms with E-state index < -0.39 is 11.8 Å². The van der Waals surface area contributed by atoms with Crippen LogP contribution in [0.15, 0.2) is 84.0 Å². The van der Waals surface area contributed by atoms with Crippen LogP contribution in [0.3, 0.4) is 0 Å². The summed E-state index contributed by atoms with van der Waals surface area (Å²) in [7, 11) is 0. The number of imide groups is 1. The summed E-state index contributed by atoms with van der Waals surface area (Å²) in [5.74, 6) is 0.602. The Bertz CT molecular complexity index is 1270. The van der Waals surface area contributed by atoms with Crippen LogP contribution in [0.5, 0.6) is 5.75 Å². The fourth-order valence-corrected chi connectivity index (χ4v) is 4.21. The van der Waals surface area contributed by atoms with Gasteiger partial charge in [0.1, 0.15) is 12.4 Å². The molecular weight excluding hydrogens is 448 g/mol. The Labute approximate surface area is 202 Å². The molecule has 0 aliphatic rings. The molecule has 0 spiro atoms. The Morgan fingerprint density at radius 3 is 2.21 bits per heavy atom. The molecule has 0 aliphatic heterocycles. The molecule has 0 bridgehead atoms. The standard InChI is InChI=1S/C26H24N4O3S/c1-18-10-9-11-19(2)24(18)33-16-22-28-29-26(30(22)21-14-7-4-8-15-21)34-17-23(31)27-25(32)20-12-5-3-6-13-20/h3-15H,16-17H2,1-2H3,(H,27,31,32). The van der Waals surface area contributed by atoms with Crippen molar-refractivity contribution < 1.29 is 14.3 Å². The first-order valence-electron chi connectivity index (χ1n) is 10.7. The molecule has 0 radical (unpaired) electrons. The van der Waals surface area contributed by atoms with Gasteiger partial charge in [-0.1, -0.05) is 66.4 Å². The molecule has 3 aromatic carbocycles. The molecule has 34 heavy (non-hydrogen) atoms. The lowest BCUT2D eigenvalue weighted by Crippen LogP contribution is -2.31. The molecular formula is C26H24N4O3S. The van der Waals surface area contributed by atoms with Gasteiger partial charge in [0.05, 0.1) is 5.75 Å². The highest BCUT2D eigenvalue weighted by Crippen LogP contribution is 2.26. The SMILES string of the molecule is Cc1cccc(C)c1OCc1nnc(SCC(=O)NC(=O)c2ccccc2)n1-c1ccccc1. The van der Waals surface area contributed by atoms with Gasteiger partial charge in [0.25, 0.3) is 5.91 Å². The number of carbonyl (C=O) groups is 2. The van der Waals surface area contributed by atoms with Crippen LogP contribution in [0.2, 0.25) is 0 Å². The predicted molar refractivity (Wildman–Crippen MR) is 131 cm³/mol. The largest absolute Gasteiger partial charge is 0.485 e. The number of aromatic nitrogens is 3. The zero-order valence-corrected chi connectivity index (χ0v) is 19.7. The maximum Gasteiger partial charge on any atom is 0.257 e. The first-order chi connectivity index (χ1) is 16.5. The molecule has 7 nitrogen and oxygen atoms in total. The Morgan fingerprint density at radius 1 is 0.882 bits per heavy atom. The lowest BCUT2D eigenvalue weighted by Gasteiger charge is -2.13. The van der Waals surface area contributed by atoms with Gasteiger partial charge < -0.3 is 4.74 Å². The van der Waals surface area contributed by atoms with E-state index >= 15 is 0 Å². The number of amides is 2. The third kappa shape index (κ3) is 5.52. The van der Waals surface area contributed by atoms with Crippen LogP contribution >= 0.6 is 11.8 Å². The van der Waals surface area contributed by atoms with Gasteiger partial charge in [-0.3, -0.25) is 19.5 Å². The number of benzene rings is 3. The van der Waals surface area contributed by atoms with Crippen LogP contribution in [0, 0.1) is 13.8 Å². The Hall–Kier alpha value is -3.91. The van der Waals surface area contributed by atoms with Crippen molar-refractivity contribution in [3.63, 3.8) is 0 Å². The maximum atomic E-state index is 12.4. The molecule has 1 N–H and O–H groups in total. The van der Waals surface area contributed by atoms with E-state index in [2.05, 4.69) is 15.5 Å². The molecule has 0 unspecified atom stereocenters. The summed E-state index contributed by atoms with van der Waals surface area (Å²) in [4.78, 5) is 24.6. The minimum absolute atomic E-state index is 0.0152. The first-order valence-corrected chi connectivity index (χ1v) is 11.7. The molecule has 4 rings (SSSR count). The van der Waals surface area contributed by atoms with Crippen molar-refractivity contribution >= 4 is 23.6 Å². The third-order valence-electron chi connectivity index (χ3n) is 5.09. The normalized spacial score (nSPS) is 10.6. The van der Waals surface area contributed by atoms with Gasteiger partial charge >= 0.3 is 0 Å². The van der Waals surface area contributed by atoms with Crippen LogP contribution in [0.4, 0.5) is 0 Å². The molecule has 1 aromatic heterocycles. The number of nitrogens with zero attached hydrogens (tertiary/aromatic N) is 3. The molecule has 1 heterocycles. The van der Waals surface area contributed by atoms with E-state index in [-0.39, 0.29) is 12.4 Å². The second kappa shape index (κ2) is 10.8. The summed E-state index contributed by atoms with van der Waals surface area (Å²) in [6.45, 7) is 4.22. The second-order valence-electron chi connectivity index (χ2n) is 7.61. The van der Waals surface area contributed by atoms with Crippen molar-refractivity contribution in [2.75, 3.05) is 5.75 Å². The lowest BCUT2D eigenvalue weighted by atomic mass is 10.1. The summed E-state index contributed by atoms with van der Waals surface area (Å²) < 4.78 is 7.97. The van der Waals surface area contributed by atoms with Crippen LogP contribution in [0.25, 0.3) is 5.69 Å². The summed E-state index contributed by atoms with van der Waals surface area (Å²) in [6.07, 6.45) is 0. The highest BCUT2D eigenvalue weighted by Gasteiger charge is 2.18. The van der Waals surface area contributed by atoms with Gasteiger partial charge in [0.2, 0.25) is 5.91 Å². The number of rotatable bonds is 8. The van der Waals surface area contributed by atoms with E-state index in [9.17, 15) is 9.59 Å². The van der Waals surface area contributed by atoms with Crippen LogP contribution in [0.1, 0.15) is 27.3 Å². The fraction of sp³-hybridized carbons (Fsp3) is 0.154. The molecule has 0 aliphatic carbocycles. The topological polar surface area (TPSA) is 86.1 Å². The number of hydrogen-bond donors (Lipinski definition) is 1. The smallest absolute Gasteiger partial charge is 0.257 e. The van der Waals surface area contributed by atoms with Crippen LogP contribution < -0.4 is 10.1 Å². The van der Waals surface area contributed by atoms with Crippen molar-refractivity contribution in [1.29, 1.82) is 0 Å². The van der Waals surface area contributed by atoms with Crippen molar-refractivity contribution in [3.05, 3.63) is 101 Å². The number of ether oxygens (including phenoxy) is 1. The lowest BCUT2D eigenvalue weighted by molar-refractivity contribution is -0.117. The summed E-state index contributed by atoms with van der Waals surface area (Å²) >= 11 is 1.21. The Balaban J connectivity index is 1.49. The van der Waals surface area contributed by atoms with E-state index in [4.69, 9.17) is 4.74 Å². The zero-order chi connectivity index (χ0) is 23.9. The summed E-state index contributed by atoms with van der Waals surface area (Å²) in [5, 5.41) is 11.6. The number of aryl methyl sites for hydroxylation is 2. The van der Waals surface area contributed by atoms with Gasteiger partial charge in [-0.2, -0.15) is 0 Å². The Morgan fingerprint density at radius 2 is 1.53 bits per heavy atom. The average Bonchev–Trinajstić information content (AvgIpc) is 3.26. The van der Waals surface area contributed by atoms with Gasteiger partial charge in [-0.25, -0.2) is 0 Å². The molecule has 8 heteroatoms. The van der Waals surface area contributed by atoms with Crippen LogP contribution in [-0.2, 0) is 11.4 Å². The van der Waals surface area contributed by atoms with Crippen molar-refractivity contribution in [2.24, 2.45) is 0 Å². The minimum Gasteiger partial charge on any atom is -0.485 e. The van der Waals surface area contributed by atoms with E-state index in [1.807, 2.05) is 73.0 Å². The van der Waals surface area contributed by atoms with Gasteiger partial charge in [-0.05, 0) is 49.2 Å². The quantitative estimate of drug-likeness (QED) is 0.380. The predicted octanol–water partition coefficient (Wildman–Crippen LogP) is 4.51. The zero-order valence-electron chi connectivity index (χ0n) is 18.9. The molecule has 0 fully saturated rings. The van der Waals surface area contributed by atoms with Gasteiger partial charge in [0.15, 0.2) is 11.0 Å².